The maximum Gasteiger partial charge on any atom is 0.337 e. The van der Waals surface area contributed by atoms with E-state index in [1.807, 2.05) is 30.5 Å². The number of hydrogen-bond acceptors (Lipinski definition) is 4. The van der Waals surface area contributed by atoms with Crippen LogP contribution in [0.3, 0.4) is 0 Å². The summed E-state index contributed by atoms with van der Waals surface area (Å²) in [6.45, 7) is 2.04. The summed E-state index contributed by atoms with van der Waals surface area (Å²) < 4.78 is 5.47. The summed E-state index contributed by atoms with van der Waals surface area (Å²) in [5.41, 5.74) is 2.53. The Bertz CT molecular complexity index is 582. The third kappa shape index (κ3) is 3.49. The number of halogens is 1. The Morgan fingerprint density at radius 2 is 2.21 bits per heavy atom. The largest absolute Gasteiger partial charge is 0.465 e. The standard InChI is InChI=1S/C14H14ClNO2S/c1-9(11-7-13(15)19-8-11)16-12-5-3-4-10(6-12)14(17)18-2/h3-9,16H,1-2H3. The van der Waals surface area contributed by atoms with Crippen molar-refractivity contribution in [3.63, 3.8) is 0 Å². The van der Waals surface area contributed by atoms with E-state index >= 15 is 0 Å². The molecule has 1 unspecified atom stereocenters. The van der Waals surface area contributed by atoms with Crippen LogP contribution in [-0.4, -0.2) is 13.1 Å². The van der Waals surface area contributed by atoms with Gasteiger partial charge in [0.05, 0.1) is 17.0 Å². The molecule has 1 aromatic heterocycles. The van der Waals surface area contributed by atoms with Gasteiger partial charge in [0.25, 0.3) is 0 Å². The third-order valence-electron chi connectivity index (χ3n) is 2.75. The number of esters is 1. The van der Waals surface area contributed by atoms with E-state index in [1.165, 1.54) is 18.4 Å². The molecule has 0 saturated heterocycles. The summed E-state index contributed by atoms with van der Waals surface area (Å²) in [4.78, 5) is 11.5. The molecule has 3 nitrogen and oxygen atoms in total. The van der Waals surface area contributed by atoms with E-state index in [-0.39, 0.29) is 12.0 Å². The number of carbonyl (C=O) groups excluding carboxylic acids is 1. The van der Waals surface area contributed by atoms with E-state index in [0.29, 0.717) is 5.56 Å². The molecule has 5 heteroatoms. The lowest BCUT2D eigenvalue weighted by atomic mass is 10.1. The summed E-state index contributed by atoms with van der Waals surface area (Å²) in [6, 6.07) is 9.29. The molecule has 0 aliphatic heterocycles. The third-order valence-corrected chi connectivity index (χ3v) is 3.86. The minimum absolute atomic E-state index is 0.122. The van der Waals surface area contributed by atoms with Crippen molar-refractivity contribution >= 4 is 34.6 Å². The minimum Gasteiger partial charge on any atom is -0.465 e. The fraction of sp³-hybridized carbons (Fsp3) is 0.214. The molecule has 19 heavy (non-hydrogen) atoms. The molecule has 1 N–H and O–H groups in total. The fourth-order valence-electron chi connectivity index (χ4n) is 1.74. The monoisotopic (exact) mass is 295 g/mol. The Balaban J connectivity index is 2.12. The lowest BCUT2D eigenvalue weighted by Crippen LogP contribution is -2.07. The van der Waals surface area contributed by atoms with Crippen LogP contribution in [0, 0.1) is 0 Å². The van der Waals surface area contributed by atoms with E-state index in [9.17, 15) is 4.79 Å². The van der Waals surface area contributed by atoms with Crippen molar-refractivity contribution < 1.29 is 9.53 Å². The van der Waals surface area contributed by atoms with Crippen molar-refractivity contribution in [2.45, 2.75) is 13.0 Å². The van der Waals surface area contributed by atoms with E-state index in [4.69, 9.17) is 16.3 Å². The molecule has 0 amide bonds. The number of benzene rings is 1. The summed E-state index contributed by atoms with van der Waals surface area (Å²) in [7, 11) is 1.37. The van der Waals surface area contributed by atoms with Crippen LogP contribution in [0.2, 0.25) is 4.34 Å². The van der Waals surface area contributed by atoms with Crippen LogP contribution in [0.25, 0.3) is 0 Å². The molecule has 100 valence electrons. The molecule has 1 heterocycles. The normalized spacial score (nSPS) is 11.9. The quantitative estimate of drug-likeness (QED) is 0.852. The topological polar surface area (TPSA) is 38.3 Å². The second-order valence-electron chi connectivity index (χ2n) is 4.12. The van der Waals surface area contributed by atoms with Crippen LogP contribution in [0.4, 0.5) is 5.69 Å². The first kappa shape index (κ1) is 13.9. The molecule has 2 rings (SSSR count). The number of nitrogens with one attached hydrogen (secondary N) is 1. The number of ether oxygens (including phenoxy) is 1. The van der Waals surface area contributed by atoms with E-state index in [2.05, 4.69) is 5.32 Å². The van der Waals surface area contributed by atoms with Crippen molar-refractivity contribution in [2.24, 2.45) is 0 Å². The van der Waals surface area contributed by atoms with Crippen LogP contribution in [-0.2, 0) is 4.74 Å². The van der Waals surface area contributed by atoms with Gasteiger partial charge in [-0.05, 0) is 42.1 Å². The molecule has 0 aliphatic carbocycles. The van der Waals surface area contributed by atoms with E-state index in [1.54, 1.807) is 12.1 Å². The second-order valence-corrected chi connectivity index (χ2v) is 5.67. The van der Waals surface area contributed by atoms with Gasteiger partial charge in [-0.15, -0.1) is 11.3 Å². The van der Waals surface area contributed by atoms with Crippen LogP contribution < -0.4 is 5.32 Å². The number of rotatable bonds is 4. The van der Waals surface area contributed by atoms with Crippen molar-refractivity contribution in [3.05, 3.63) is 51.2 Å². The number of carbonyl (C=O) groups is 1. The first-order chi connectivity index (χ1) is 9.10. The van der Waals surface area contributed by atoms with Crippen LogP contribution in [0.1, 0.15) is 28.9 Å². The second kappa shape index (κ2) is 6.08. The number of thiophene rings is 1. The van der Waals surface area contributed by atoms with Gasteiger partial charge in [-0.2, -0.15) is 0 Å². The zero-order valence-corrected chi connectivity index (χ0v) is 12.2. The van der Waals surface area contributed by atoms with Crippen molar-refractivity contribution in [3.8, 4) is 0 Å². The highest BCUT2D eigenvalue weighted by atomic mass is 35.5. The number of methoxy groups -OCH3 is 1. The smallest absolute Gasteiger partial charge is 0.337 e. The summed E-state index contributed by atoms with van der Waals surface area (Å²) in [6.07, 6.45) is 0. The van der Waals surface area contributed by atoms with Gasteiger partial charge in [0.1, 0.15) is 0 Å². The average Bonchev–Trinajstić information content (AvgIpc) is 2.85. The van der Waals surface area contributed by atoms with Crippen LogP contribution in [0.15, 0.2) is 35.7 Å². The fourth-order valence-corrected chi connectivity index (χ4v) is 2.72. The Hall–Kier alpha value is -1.52. The molecule has 1 atom stereocenters. The molecule has 0 fully saturated rings. The van der Waals surface area contributed by atoms with Crippen LogP contribution in [0.5, 0.6) is 0 Å². The Labute approximate surface area is 121 Å². The molecule has 0 bridgehead atoms. The Kier molecular flexibility index (Phi) is 4.45. The Morgan fingerprint density at radius 1 is 1.42 bits per heavy atom. The highest BCUT2D eigenvalue weighted by Gasteiger charge is 2.10. The van der Waals surface area contributed by atoms with Gasteiger partial charge in [-0.3, -0.25) is 0 Å². The van der Waals surface area contributed by atoms with Gasteiger partial charge in [0.15, 0.2) is 0 Å². The van der Waals surface area contributed by atoms with E-state index < -0.39 is 0 Å². The molecular weight excluding hydrogens is 282 g/mol. The summed E-state index contributed by atoms with van der Waals surface area (Å²) in [5.74, 6) is -0.338. The zero-order chi connectivity index (χ0) is 13.8. The Morgan fingerprint density at radius 3 is 2.84 bits per heavy atom. The molecule has 0 spiro atoms. The summed E-state index contributed by atoms with van der Waals surface area (Å²) in [5, 5.41) is 5.35. The molecule has 0 radical (unpaired) electrons. The van der Waals surface area contributed by atoms with Gasteiger partial charge in [0.2, 0.25) is 0 Å². The predicted octanol–water partition coefficient (Wildman–Crippen LogP) is 4.36. The molecule has 2 aromatic rings. The van der Waals surface area contributed by atoms with Gasteiger partial charge >= 0.3 is 5.97 Å². The number of hydrogen-bond donors (Lipinski definition) is 1. The van der Waals surface area contributed by atoms with Gasteiger partial charge in [0, 0.05) is 11.7 Å². The number of anilines is 1. The van der Waals surface area contributed by atoms with Crippen LogP contribution >= 0.6 is 22.9 Å². The van der Waals surface area contributed by atoms with Gasteiger partial charge in [-0.1, -0.05) is 17.7 Å². The van der Waals surface area contributed by atoms with E-state index in [0.717, 1.165) is 15.6 Å². The molecule has 0 aliphatic rings. The van der Waals surface area contributed by atoms with Crippen molar-refractivity contribution in [2.75, 3.05) is 12.4 Å². The average molecular weight is 296 g/mol. The van der Waals surface area contributed by atoms with Crippen molar-refractivity contribution in [1.29, 1.82) is 0 Å². The lowest BCUT2D eigenvalue weighted by molar-refractivity contribution is 0.0601. The SMILES string of the molecule is COC(=O)c1cccc(NC(C)c2csc(Cl)c2)c1. The summed E-state index contributed by atoms with van der Waals surface area (Å²) >= 11 is 7.43. The van der Waals surface area contributed by atoms with Crippen molar-refractivity contribution in [1.82, 2.24) is 0 Å². The maximum absolute atomic E-state index is 11.5. The zero-order valence-electron chi connectivity index (χ0n) is 10.6. The van der Waals surface area contributed by atoms with Gasteiger partial charge in [-0.25, -0.2) is 4.79 Å². The maximum atomic E-state index is 11.5. The molecule has 1 aromatic carbocycles. The lowest BCUT2D eigenvalue weighted by Gasteiger charge is -2.14. The van der Waals surface area contributed by atoms with Gasteiger partial charge < -0.3 is 10.1 Å². The molecular formula is C14H14ClNO2S. The predicted molar refractivity (Wildman–Crippen MR) is 79.1 cm³/mol. The first-order valence-electron chi connectivity index (χ1n) is 5.79. The first-order valence-corrected chi connectivity index (χ1v) is 7.05. The highest BCUT2D eigenvalue weighted by Crippen LogP contribution is 2.27. The highest BCUT2D eigenvalue weighted by molar-refractivity contribution is 7.14. The minimum atomic E-state index is -0.338. The molecule has 0 saturated carbocycles.